The van der Waals surface area contributed by atoms with Crippen molar-refractivity contribution in [2.24, 2.45) is 0 Å². The molecule has 1 heterocycles. The molecule has 124 valence electrons. The molecule has 0 aliphatic carbocycles. The van der Waals surface area contributed by atoms with Crippen LogP contribution in [0.3, 0.4) is 0 Å². The van der Waals surface area contributed by atoms with Gasteiger partial charge in [-0.3, -0.25) is 14.8 Å². The number of anilines is 1. The monoisotopic (exact) mass is 365 g/mol. The molecule has 0 saturated carbocycles. The minimum absolute atomic E-state index is 0.154. The Hall–Kier alpha value is -2.72. The number of hydrogen-bond acceptors (Lipinski definition) is 7. The number of fused-ring (bicyclic) bond motifs is 1. The summed E-state index contributed by atoms with van der Waals surface area (Å²) in [7, 11) is -2.48. The molecule has 0 aliphatic heterocycles. The van der Waals surface area contributed by atoms with Gasteiger partial charge in [0.1, 0.15) is 11.3 Å². The SMILES string of the molecule is COc1cccc2sc(NS(=O)(=O)c3cccc([N+](=O)[O-])c3)nc12. The Labute approximate surface area is 140 Å². The molecule has 24 heavy (non-hydrogen) atoms. The summed E-state index contributed by atoms with van der Waals surface area (Å²) in [6, 6.07) is 10.1. The van der Waals surface area contributed by atoms with Crippen molar-refractivity contribution >= 4 is 42.4 Å². The third kappa shape index (κ3) is 3.01. The van der Waals surface area contributed by atoms with Gasteiger partial charge in [0.15, 0.2) is 5.13 Å². The van der Waals surface area contributed by atoms with Crippen molar-refractivity contribution < 1.29 is 18.1 Å². The normalized spacial score (nSPS) is 11.4. The summed E-state index contributed by atoms with van der Waals surface area (Å²) in [5.74, 6) is 0.532. The molecule has 0 aliphatic rings. The molecule has 2 aromatic carbocycles. The number of rotatable bonds is 5. The quantitative estimate of drug-likeness (QED) is 0.549. The highest BCUT2D eigenvalue weighted by molar-refractivity contribution is 7.93. The number of ether oxygens (including phenoxy) is 1. The Kier molecular flexibility index (Phi) is 4.08. The molecule has 0 radical (unpaired) electrons. The molecule has 0 bridgehead atoms. The van der Waals surface area contributed by atoms with Crippen molar-refractivity contribution in [1.29, 1.82) is 0 Å². The molecule has 0 amide bonds. The van der Waals surface area contributed by atoms with Gasteiger partial charge in [0.25, 0.3) is 15.7 Å². The van der Waals surface area contributed by atoms with E-state index in [9.17, 15) is 18.5 Å². The second-order valence-corrected chi connectivity index (χ2v) is 7.40. The van der Waals surface area contributed by atoms with Crippen LogP contribution in [0.1, 0.15) is 0 Å². The lowest BCUT2D eigenvalue weighted by atomic mass is 10.3. The number of hydrogen-bond donors (Lipinski definition) is 1. The summed E-state index contributed by atoms with van der Waals surface area (Å²) in [5.41, 5.74) is 0.241. The van der Waals surface area contributed by atoms with Gasteiger partial charge in [0.2, 0.25) is 0 Å². The second-order valence-electron chi connectivity index (χ2n) is 4.69. The van der Waals surface area contributed by atoms with E-state index in [0.29, 0.717) is 11.3 Å². The van der Waals surface area contributed by atoms with Crippen molar-refractivity contribution in [3.8, 4) is 5.75 Å². The maximum absolute atomic E-state index is 12.4. The predicted molar refractivity (Wildman–Crippen MR) is 90.1 cm³/mol. The van der Waals surface area contributed by atoms with Crippen LogP contribution in [0.4, 0.5) is 10.8 Å². The molecule has 3 rings (SSSR count). The van der Waals surface area contributed by atoms with Crippen molar-refractivity contribution in [2.45, 2.75) is 4.90 Å². The fourth-order valence-corrected chi connectivity index (χ4v) is 4.23. The zero-order valence-corrected chi connectivity index (χ0v) is 13.9. The third-order valence-corrected chi connectivity index (χ3v) is 5.56. The fraction of sp³-hybridized carbons (Fsp3) is 0.0714. The number of aromatic nitrogens is 1. The zero-order chi connectivity index (χ0) is 17.3. The average Bonchev–Trinajstić information content (AvgIpc) is 2.96. The van der Waals surface area contributed by atoms with Gasteiger partial charge in [0, 0.05) is 12.1 Å². The molecule has 3 aromatic rings. The summed E-state index contributed by atoms with van der Waals surface area (Å²) in [6.45, 7) is 0. The van der Waals surface area contributed by atoms with E-state index in [1.807, 2.05) is 0 Å². The van der Waals surface area contributed by atoms with E-state index < -0.39 is 14.9 Å². The smallest absolute Gasteiger partial charge is 0.270 e. The topological polar surface area (TPSA) is 111 Å². The molecule has 0 unspecified atom stereocenters. The highest BCUT2D eigenvalue weighted by atomic mass is 32.2. The van der Waals surface area contributed by atoms with Crippen LogP contribution in [0.15, 0.2) is 47.4 Å². The Bertz CT molecular complexity index is 1030. The van der Waals surface area contributed by atoms with Crippen LogP contribution >= 0.6 is 11.3 Å². The summed E-state index contributed by atoms with van der Waals surface area (Å²) < 4.78 is 33.1. The van der Waals surface area contributed by atoms with E-state index in [0.717, 1.165) is 22.1 Å². The maximum Gasteiger partial charge on any atom is 0.270 e. The van der Waals surface area contributed by atoms with E-state index in [2.05, 4.69) is 9.71 Å². The number of nitrogens with zero attached hydrogens (tertiary/aromatic N) is 2. The number of nitro benzene ring substituents is 1. The number of para-hydroxylation sites is 1. The van der Waals surface area contributed by atoms with Crippen LogP contribution in [-0.2, 0) is 10.0 Å². The Morgan fingerprint density at radius 2 is 2.00 bits per heavy atom. The first kappa shape index (κ1) is 16.1. The van der Waals surface area contributed by atoms with Gasteiger partial charge in [-0.25, -0.2) is 13.4 Å². The van der Waals surface area contributed by atoms with E-state index in [1.54, 1.807) is 18.2 Å². The van der Waals surface area contributed by atoms with Crippen LogP contribution in [0.2, 0.25) is 0 Å². The van der Waals surface area contributed by atoms with Crippen molar-refractivity contribution in [2.75, 3.05) is 11.8 Å². The first-order chi connectivity index (χ1) is 11.4. The Balaban J connectivity index is 1.98. The molecule has 1 aromatic heterocycles. The van der Waals surface area contributed by atoms with E-state index >= 15 is 0 Å². The number of methoxy groups -OCH3 is 1. The first-order valence-corrected chi connectivity index (χ1v) is 8.91. The van der Waals surface area contributed by atoms with Crippen molar-refractivity contribution in [3.05, 3.63) is 52.6 Å². The van der Waals surface area contributed by atoms with Gasteiger partial charge in [0.05, 0.1) is 21.6 Å². The van der Waals surface area contributed by atoms with Crippen molar-refractivity contribution in [3.63, 3.8) is 0 Å². The number of thiazole rings is 1. The fourth-order valence-electron chi connectivity index (χ4n) is 2.07. The van der Waals surface area contributed by atoms with Crippen LogP contribution in [0.5, 0.6) is 5.75 Å². The average molecular weight is 365 g/mol. The molecule has 0 fully saturated rings. The number of sulfonamides is 1. The van der Waals surface area contributed by atoms with Crippen molar-refractivity contribution in [1.82, 2.24) is 4.98 Å². The molecule has 0 atom stereocenters. The molecule has 0 spiro atoms. The van der Waals surface area contributed by atoms with Gasteiger partial charge in [-0.2, -0.15) is 0 Å². The predicted octanol–water partition coefficient (Wildman–Crippen LogP) is 3.01. The third-order valence-electron chi connectivity index (χ3n) is 3.16. The van der Waals surface area contributed by atoms with Gasteiger partial charge in [-0.15, -0.1) is 0 Å². The second kappa shape index (κ2) is 6.06. The molecular weight excluding hydrogens is 354 g/mol. The highest BCUT2D eigenvalue weighted by Crippen LogP contribution is 2.33. The lowest BCUT2D eigenvalue weighted by molar-refractivity contribution is -0.385. The number of benzene rings is 2. The largest absolute Gasteiger partial charge is 0.494 e. The van der Waals surface area contributed by atoms with E-state index in [-0.39, 0.29) is 15.7 Å². The lowest BCUT2D eigenvalue weighted by Crippen LogP contribution is -2.12. The molecule has 0 saturated heterocycles. The van der Waals surface area contributed by atoms with Gasteiger partial charge >= 0.3 is 0 Å². The standard InChI is InChI=1S/C14H11N3O5S2/c1-22-11-6-3-7-12-13(11)15-14(23-12)16-24(20,21)10-5-2-4-9(8-10)17(18)19/h2-8H,1H3,(H,15,16). The van der Waals surface area contributed by atoms with Gasteiger partial charge in [-0.05, 0) is 18.2 Å². The molecular formula is C14H11N3O5S2. The van der Waals surface area contributed by atoms with Crippen LogP contribution < -0.4 is 9.46 Å². The van der Waals surface area contributed by atoms with E-state index in [1.165, 1.54) is 25.3 Å². The summed E-state index contributed by atoms with van der Waals surface area (Å²) in [5, 5.41) is 10.9. The zero-order valence-electron chi connectivity index (χ0n) is 12.3. The number of non-ortho nitro benzene ring substituents is 1. The number of nitrogens with one attached hydrogen (secondary N) is 1. The Morgan fingerprint density at radius 3 is 2.71 bits per heavy atom. The highest BCUT2D eigenvalue weighted by Gasteiger charge is 2.20. The molecule has 1 N–H and O–H groups in total. The number of nitro groups is 1. The minimum atomic E-state index is -3.98. The maximum atomic E-state index is 12.4. The van der Waals surface area contributed by atoms with E-state index in [4.69, 9.17) is 4.74 Å². The Morgan fingerprint density at radius 1 is 1.25 bits per heavy atom. The molecule has 8 nitrogen and oxygen atoms in total. The summed E-state index contributed by atoms with van der Waals surface area (Å²) >= 11 is 1.14. The first-order valence-electron chi connectivity index (χ1n) is 6.61. The summed E-state index contributed by atoms with van der Waals surface area (Å²) in [4.78, 5) is 14.2. The van der Waals surface area contributed by atoms with Crippen LogP contribution in [0.25, 0.3) is 10.2 Å². The van der Waals surface area contributed by atoms with Gasteiger partial charge < -0.3 is 4.74 Å². The van der Waals surface area contributed by atoms with Crippen LogP contribution in [-0.4, -0.2) is 25.4 Å². The summed E-state index contributed by atoms with van der Waals surface area (Å²) in [6.07, 6.45) is 0. The minimum Gasteiger partial charge on any atom is -0.494 e. The van der Waals surface area contributed by atoms with Gasteiger partial charge in [-0.1, -0.05) is 23.5 Å². The van der Waals surface area contributed by atoms with Crippen LogP contribution in [0, 0.1) is 10.1 Å². The molecule has 10 heteroatoms. The lowest BCUT2D eigenvalue weighted by Gasteiger charge is -2.04.